The standard InChI is InChI=1S/C16H17BrN2O2/c1-9(2)14-6-11(16(20)21)7-15(19-14)18-13-5-10(3)4-12(17)8-13/h4-9H,1-3H3,(H,18,19)(H,20,21). The molecule has 110 valence electrons. The number of anilines is 2. The summed E-state index contributed by atoms with van der Waals surface area (Å²) in [6, 6.07) is 9.08. The van der Waals surface area contributed by atoms with Gasteiger partial charge in [0.15, 0.2) is 0 Å². The summed E-state index contributed by atoms with van der Waals surface area (Å²) in [5.41, 5.74) is 2.96. The molecule has 4 nitrogen and oxygen atoms in total. The highest BCUT2D eigenvalue weighted by atomic mass is 79.9. The molecule has 0 unspecified atom stereocenters. The van der Waals surface area contributed by atoms with Crippen molar-refractivity contribution in [1.82, 2.24) is 4.98 Å². The Labute approximate surface area is 132 Å². The number of carboxylic acids is 1. The molecular weight excluding hydrogens is 332 g/mol. The molecular formula is C16H17BrN2O2. The maximum absolute atomic E-state index is 11.2. The van der Waals surface area contributed by atoms with Gasteiger partial charge in [0.1, 0.15) is 5.82 Å². The van der Waals surface area contributed by atoms with Gasteiger partial charge in [-0.15, -0.1) is 0 Å². The number of carboxylic acid groups (broad SMARTS) is 1. The molecule has 0 saturated carbocycles. The highest BCUT2D eigenvalue weighted by molar-refractivity contribution is 9.10. The number of carbonyl (C=O) groups is 1. The van der Waals surface area contributed by atoms with Gasteiger partial charge in [0.05, 0.1) is 5.56 Å². The second-order valence-corrected chi connectivity index (χ2v) is 6.18. The lowest BCUT2D eigenvalue weighted by molar-refractivity contribution is 0.0696. The van der Waals surface area contributed by atoms with Crippen LogP contribution in [0.3, 0.4) is 0 Å². The molecule has 0 spiro atoms. The Hall–Kier alpha value is -1.88. The van der Waals surface area contributed by atoms with Crippen LogP contribution in [0.5, 0.6) is 0 Å². The van der Waals surface area contributed by atoms with Gasteiger partial charge in [-0.25, -0.2) is 9.78 Å². The second kappa shape index (κ2) is 6.26. The molecule has 0 aliphatic carbocycles. The van der Waals surface area contributed by atoms with Crippen molar-refractivity contribution in [2.75, 3.05) is 5.32 Å². The van der Waals surface area contributed by atoms with E-state index in [0.717, 1.165) is 21.4 Å². The quantitative estimate of drug-likeness (QED) is 0.839. The zero-order chi connectivity index (χ0) is 15.6. The van der Waals surface area contributed by atoms with Gasteiger partial charge in [-0.1, -0.05) is 29.8 Å². The molecule has 5 heteroatoms. The first-order chi connectivity index (χ1) is 9.85. The molecule has 2 rings (SSSR count). The summed E-state index contributed by atoms with van der Waals surface area (Å²) < 4.78 is 0.962. The molecule has 1 heterocycles. The number of hydrogen-bond donors (Lipinski definition) is 2. The fourth-order valence-corrected chi connectivity index (χ4v) is 2.60. The largest absolute Gasteiger partial charge is 0.478 e. The van der Waals surface area contributed by atoms with E-state index in [9.17, 15) is 9.90 Å². The van der Waals surface area contributed by atoms with Crippen LogP contribution < -0.4 is 5.32 Å². The summed E-state index contributed by atoms with van der Waals surface area (Å²) in [5.74, 6) is -0.252. The lowest BCUT2D eigenvalue weighted by Crippen LogP contribution is -2.05. The minimum absolute atomic E-state index is 0.161. The lowest BCUT2D eigenvalue weighted by atomic mass is 10.1. The van der Waals surface area contributed by atoms with Gasteiger partial charge in [0, 0.05) is 15.9 Å². The number of nitrogens with one attached hydrogen (secondary N) is 1. The van der Waals surface area contributed by atoms with Gasteiger partial charge in [-0.05, 0) is 48.7 Å². The van der Waals surface area contributed by atoms with Crippen LogP contribution in [0.15, 0.2) is 34.8 Å². The number of benzene rings is 1. The Morgan fingerprint density at radius 2 is 1.95 bits per heavy atom. The monoisotopic (exact) mass is 348 g/mol. The highest BCUT2D eigenvalue weighted by Crippen LogP contribution is 2.24. The van der Waals surface area contributed by atoms with Crippen molar-refractivity contribution in [1.29, 1.82) is 0 Å². The Balaban J connectivity index is 2.40. The Bertz CT molecular complexity index is 664. The van der Waals surface area contributed by atoms with Crippen LogP contribution in [0.4, 0.5) is 11.5 Å². The molecule has 0 saturated heterocycles. The third-order valence-corrected chi connectivity index (χ3v) is 3.46. The number of aromatic nitrogens is 1. The van der Waals surface area contributed by atoms with Crippen molar-refractivity contribution in [2.24, 2.45) is 0 Å². The Kier molecular flexibility index (Phi) is 4.63. The van der Waals surface area contributed by atoms with Crippen molar-refractivity contribution in [3.05, 3.63) is 51.6 Å². The average molecular weight is 349 g/mol. The van der Waals surface area contributed by atoms with Gasteiger partial charge in [0.2, 0.25) is 0 Å². The summed E-state index contributed by atoms with van der Waals surface area (Å²) in [7, 11) is 0. The van der Waals surface area contributed by atoms with Crippen LogP contribution in [-0.4, -0.2) is 16.1 Å². The number of rotatable bonds is 4. The zero-order valence-corrected chi connectivity index (χ0v) is 13.7. The van der Waals surface area contributed by atoms with E-state index in [4.69, 9.17) is 0 Å². The van der Waals surface area contributed by atoms with Crippen molar-refractivity contribution in [3.63, 3.8) is 0 Å². The minimum Gasteiger partial charge on any atom is -0.478 e. The van der Waals surface area contributed by atoms with Crippen molar-refractivity contribution in [3.8, 4) is 0 Å². The van der Waals surface area contributed by atoms with Crippen LogP contribution in [0.2, 0.25) is 0 Å². The number of nitrogens with zero attached hydrogens (tertiary/aromatic N) is 1. The SMILES string of the molecule is Cc1cc(Br)cc(Nc2cc(C(=O)O)cc(C(C)C)n2)c1. The molecule has 2 N–H and O–H groups in total. The smallest absolute Gasteiger partial charge is 0.335 e. The molecule has 0 bridgehead atoms. The molecule has 0 aliphatic heterocycles. The molecule has 1 aromatic carbocycles. The molecule has 0 radical (unpaired) electrons. The van der Waals surface area contributed by atoms with Gasteiger partial charge in [-0.3, -0.25) is 0 Å². The van der Waals surface area contributed by atoms with Gasteiger partial charge in [-0.2, -0.15) is 0 Å². The second-order valence-electron chi connectivity index (χ2n) is 5.27. The third-order valence-electron chi connectivity index (χ3n) is 3.00. The van der Waals surface area contributed by atoms with E-state index in [1.165, 1.54) is 0 Å². The summed E-state index contributed by atoms with van der Waals surface area (Å²) in [6.07, 6.45) is 0. The van der Waals surface area contributed by atoms with Crippen molar-refractivity contribution in [2.45, 2.75) is 26.7 Å². The van der Waals surface area contributed by atoms with E-state index >= 15 is 0 Å². The van der Waals surface area contributed by atoms with Crippen LogP contribution in [-0.2, 0) is 0 Å². The number of aromatic carboxylic acids is 1. The van der Waals surface area contributed by atoms with E-state index in [0.29, 0.717) is 5.82 Å². The first kappa shape index (κ1) is 15.5. The van der Waals surface area contributed by atoms with E-state index < -0.39 is 5.97 Å². The molecule has 1 aromatic heterocycles. The molecule has 0 aliphatic rings. The van der Waals surface area contributed by atoms with E-state index in [2.05, 4.69) is 26.2 Å². The summed E-state index contributed by atoms with van der Waals surface area (Å²) in [5, 5.41) is 12.4. The lowest BCUT2D eigenvalue weighted by Gasteiger charge is -2.12. The van der Waals surface area contributed by atoms with E-state index in [-0.39, 0.29) is 11.5 Å². The first-order valence-corrected chi connectivity index (χ1v) is 7.44. The normalized spacial score (nSPS) is 10.7. The van der Waals surface area contributed by atoms with E-state index in [1.54, 1.807) is 12.1 Å². The van der Waals surface area contributed by atoms with Gasteiger partial charge in [0.25, 0.3) is 0 Å². The fourth-order valence-electron chi connectivity index (χ4n) is 1.99. The predicted molar refractivity (Wildman–Crippen MR) is 87.4 cm³/mol. The number of aryl methyl sites for hydroxylation is 1. The van der Waals surface area contributed by atoms with Gasteiger partial charge >= 0.3 is 5.97 Å². The number of halogens is 1. The third kappa shape index (κ3) is 4.04. The molecule has 0 fully saturated rings. The molecule has 21 heavy (non-hydrogen) atoms. The molecule has 0 amide bonds. The number of pyridine rings is 1. The van der Waals surface area contributed by atoms with E-state index in [1.807, 2.05) is 39.0 Å². The maximum Gasteiger partial charge on any atom is 0.335 e. The molecule has 0 atom stereocenters. The molecule has 2 aromatic rings. The predicted octanol–water partition coefficient (Wildman–Crippen LogP) is 4.72. The Morgan fingerprint density at radius 1 is 1.24 bits per heavy atom. The number of hydrogen-bond acceptors (Lipinski definition) is 3. The van der Waals surface area contributed by atoms with Crippen molar-refractivity contribution < 1.29 is 9.90 Å². The zero-order valence-electron chi connectivity index (χ0n) is 12.1. The highest BCUT2D eigenvalue weighted by Gasteiger charge is 2.11. The van der Waals surface area contributed by atoms with Gasteiger partial charge < -0.3 is 10.4 Å². The van der Waals surface area contributed by atoms with Crippen LogP contribution in [0, 0.1) is 6.92 Å². The van der Waals surface area contributed by atoms with Crippen LogP contribution in [0.25, 0.3) is 0 Å². The van der Waals surface area contributed by atoms with Crippen molar-refractivity contribution >= 4 is 33.4 Å². The van der Waals surface area contributed by atoms with Crippen LogP contribution in [0.1, 0.15) is 41.4 Å². The average Bonchev–Trinajstić information content (AvgIpc) is 2.36. The minimum atomic E-state index is -0.951. The topological polar surface area (TPSA) is 62.2 Å². The summed E-state index contributed by atoms with van der Waals surface area (Å²) >= 11 is 3.45. The maximum atomic E-state index is 11.2. The summed E-state index contributed by atoms with van der Waals surface area (Å²) in [6.45, 7) is 5.97. The Morgan fingerprint density at radius 3 is 2.52 bits per heavy atom. The first-order valence-electron chi connectivity index (χ1n) is 6.64. The van der Waals surface area contributed by atoms with Crippen LogP contribution >= 0.6 is 15.9 Å². The summed E-state index contributed by atoms with van der Waals surface area (Å²) in [4.78, 5) is 15.7. The fraction of sp³-hybridized carbons (Fsp3) is 0.250.